The molecule has 3 aromatic rings. The molecule has 1 aliphatic carbocycles. The zero-order valence-electron chi connectivity index (χ0n) is 23.4. The van der Waals surface area contributed by atoms with Gasteiger partial charge in [0.15, 0.2) is 0 Å². The molecule has 12 heteroatoms. The van der Waals surface area contributed by atoms with Crippen LogP contribution >= 0.6 is 11.3 Å². The minimum absolute atomic E-state index is 0.00106. The van der Waals surface area contributed by atoms with Gasteiger partial charge in [0.1, 0.15) is 34.0 Å². The molecule has 2 heterocycles. The number of esters is 1. The maximum Gasteiger partial charge on any atom is 0.408 e. The van der Waals surface area contributed by atoms with Gasteiger partial charge in [-0.25, -0.2) is 18.6 Å². The number of ether oxygens (including phenoxy) is 2. The molecule has 1 aliphatic rings. The van der Waals surface area contributed by atoms with Crippen molar-refractivity contribution < 1.29 is 32.6 Å². The molecule has 41 heavy (non-hydrogen) atoms. The lowest BCUT2D eigenvalue weighted by Crippen LogP contribution is -2.52. The fourth-order valence-corrected chi connectivity index (χ4v) is 5.85. The molecular formula is C29H32F2N4O5S. The first kappa shape index (κ1) is 30.0. The molecule has 4 atom stereocenters. The number of amides is 2. The number of nitrogens with zero attached hydrogens (tertiary/aromatic N) is 2. The van der Waals surface area contributed by atoms with E-state index in [1.807, 2.05) is 6.92 Å². The molecule has 9 nitrogen and oxygen atoms in total. The number of anilines is 1. The Hall–Kier alpha value is -3.93. The summed E-state index contributed by atoms with van der Waals surface area (Å²) in [5, 5.41) is 7.16. The number of nitrogens with one attached hydrogen (secondary N) is 2. The predicted octanol–water partition coefficient (Wildman–Crippen LogP) is 6.07. The fraction of sp³-hybridized carbons (Fsp3) is 0.414. The number of pyridine rings is 1. The van der Waals surface area contributed by atoms with E-state index in [1.165, 1.54) is 24.6 Å². The lowest BCUT2D eigenvalue weighted by molar-refractivity contribution is -0.152. The number of carbonyl (C=O) groups excluding carboxylic acids is 3. The second-order valence-electron chi connectivity index (χ2n) is 11.0. The first-order valence-corrected chi connectivity index (χ1v) is 14.0. The van der Waals surface area contributed by atoms with E-state index in [4.69, 9.17) is 9.47 Å². The summed E-state index contributed by atoms with van der Waals surface area (Å²) in [6.45, 7) is 8.53. The highest BCUT2D eigenvalue weighted by Gasteiger charge is 2.40. The van der Waals surface area contributed by atoms with Crippen LogP contribution in [-0.2, 0) is 14.3 Å². The van der Waals surface area contributed by atoms with Crippen molar-refractivity contribution in [2.45, 2.75) is 71.1 Å². The van der Waals surface area contributed by atoms with Crippen molar-refractivity contribution in [3.05, 3.63) is 64.9 Å². The molecule has 0 aliphatic heterocycles. The number of alkyl carbamates (subject to hydrolysis) is 1. The van der Waals surface area contributed by atoms with E-state index >= 15 is 0 Å². The highest BCUT2D eigenvalue weighted by Crippen LogP contribution is 2.40. The van der Waals surface area contributed by atoms with Gasteiger partial charge in [0.05, 0.1) is 23.5 Å². The Morgan fingerprint density at radius 1 is 1.10 bits per heavy atom. The highest BCUT2D eigenvalue weighted by atomic mass is 32.1. The molecule has 4 unspecified atom stereocenters. The summed E-state index contributed by atoms with van der Waals surface area (Å²) in [5.41, 5.74) is 0.201. The number of halogens is 2. The number of carbonyl (C=O) groups is 3. The van der Waals surface area contributed by atoms with Crippen LogP contribution in [0.25, 0.3) is 10.6 Å². The van der Waals surface area contributed by atoms with Gasteiger partial charge in [-0.05, 0) is 69.2 Å². The van der Waals surface area contributed by atoms with E-state index in [9.17, 15) is 23.2 Å². The van der Waals surface area contributed by atoms with Crippen molar-refractivity contribution in [2.24, 2.45) is 5.92 Å². The molecular weight excluding hydrogens is 554 g/mol. The van der Waals surface area contributed by atoms with Crippen LogP contribution in [0.2, 0.25) is 0 Å². The van der Waals surface area contributed by atoms with Crippen LogP contribution in [0.1, 0.15) is 69.4 Å². The first-order valence-electron chi connectivity index (χ1n) is 13.1. The lowest BCUT2D eigenvalue weighted by Gasteiger charge is -2.40. The SMILES string of the molecule is CC(=O)OC1C(C)CC(c2ccncc2NC(=O)c2csc(-c3c(F)cccc3F)n2)CC1NC(=O)OC(C)(C)C. The highest BCUT2D eigenvalue weighted by molar-refractivity contribution is 7.13. The van der Waals surface area contributed by atoms with Crippen LogP contribution in [0, 0.1) is 17.6 Å². The summed E-state index contributed by atoms with van der Waals surface area (Å²) < 4.78 is 39.5. The minimum Gasteiger partial charge on any atom is -0.460 e. The molecule has 0 bridgehead atoms. The second-order valence-corrected chi connectivity index (χ2v) is 11.9. The average Bonchev–Trinajstić information content (AvgIpc) is 3.35. The van der Waals surface area contributed by atoms with E-state index < -0.39 is 47.4 Å². The fourth-order valence-electron chi connectivity index (χ4n) is 5.01. The van der Waals surface area contributed by atoms with Crippen molar-refractivity contribution in [3.63, 3.8) is 0 Å². The summed E-state index contributed by atoms with van der Waals surface area (Å²) >= 11 is 0.956. The Kier molecular flexibility index (Phi) is 9.01. The maximum atomic E-state index is 14.2. The third-order valence-electron chi connectivity index (χ3n) is 6.61. The van der Waals surface area contributed by atoms with E-state index in [2.05, 4.69) is 20.6 Å². The van der Waals surface area contributed by atoms with Crippen LogP contribution in [0.4, 0.5) is 19.3 Å². The smallest absolute Gasteiger partial charge is 0.408 e. The third-order valence-corrected chi connectivity index (χ3v) is 7.47. The number of thiazole rings is 1. The maximum absolute atomic E-state index is 14.2. The predicted molar refractivity (Wildman–Crippen MR) is 150 cm³/mol. The number of aromatic nitrogens is 2. The van der Waals surface area contributed by atoms with Gasteiger partial charge < -0.3 is 20.1 Å². The number of hydrogen-bond donors (Lipinski definition) is 2. The summed E-state index contributed by atoms with van der Waals surface area (Å²) in [4.78, 5) is 45.9. The van der Waals surface area contributed by atoms with Gasteiger partial charge in [-0.1, -0.05) is 13.0 Å². The molecule has 0 radical (unpaired) electrons. The Morgan fingerprint density at radius 2 is 1.80 bits per heavy atom. The Bertz CT molecular complexity index is 1420. The van der Waals surface area contributed by atoms with Crippen molar-refractivity contribution in [3.8, 4) is 10.6 Å². The quantitative estimate of drug-likeness (QED) is 0.336. The van der Waals surface area contributed by atoms with E-state index in [0.717, 1.165) is 29.0 Å². The van der Waals surface area contributed by atoms with Crippen molar-refractivity contribution >= 4 is 35.0 Å². The second kappa shape index (κ2) is 12.3. The van der Waals surface area contributed by atoms with Crippen LogP contribution in [0.3, 0.4) is 0 Å². The molecule has 0 saturated heterocycles. The zero-order chi connectivity index (χ0) is 29.9. The summed E-state index contributed by atoms with van der Waals surface area (Å²) in [7, 11) is 0. The van der Waals surface area contributed by atoms with Crippen LogP contribution < -0.4 is 10.6 Å². The average molecular weight is 587 g/mol. The van der Waals surface area contributed by atoms with Crippen LogP contribution in [0.15, 0.2) is 42.0 Å². The minimum atomic E-state index is -0.770. The lowest BCUT2D eigenvalue weighted by atomic mass is 9.74. The summed E-state index contributed by atoms with van der Waals surface area (Å²) in [5.74, 6) is -2.84. The van der Waals surface area contributed by atoms with Gasteiger partial charge in [0, 0.05) is 18.5 Å². The van der Waals surface area contributed by atoms with Gasteiger partial charge in [-0.2, -0.15) is 0 Å². The zero-order valence-corrected chi connectivity index (χ0v) is 24.2. The standard InChI is InChI=1S/C29H32F2N4O5S/c1-15-11-17(12-21(25(15)39-16(2)36)35-28(38)40-29(3,4)5)18-9-10-32-13-22(18)33-26(37)23-14-41-27(34-23)24-19(30)7-6-8-20(24)31/h6-10,13-15,17,21,25H,11-12H2,1-5H3,(H,33,37)(H,35,38). The van der Waals surface area contributed by atoms with Gasteiger partial charge in [0.2, 0.25) is 0 Å². The van der Waals surface area contributed by atoms with Crippen LogP contribution in [0.5, 0.6) is 0 Å². The number of hydrogen-bond acceptors (Lipinski definition) is 8. The Labute approximate surface area is 240 Å². The first-order chi connectivity index (χ1) is 19.3. The molecule has 218 valence electrons. The molecule has 2 N–H and O–H groups in total. The van der Waals surface area contributed by atoms with Gasteiger partial charge in [-0.15, -0.1) is 11.3 Å². The molecule has 0 spiro atoms. The summed E-state index contributed by atoms with van der Waals surface area (Å²) in [6.07, 6.45) is 2.93. The summed E-state index contributed by atoms with van der Waals surface area (Å²) in [6, 6.07) is 4.75. The molecule has 1 aromatic carbocycles. The molecule has 1 saturated carbocycles. The van der Waals surface area contributed by atoms with Gasteiger partial charge in [-0.3, -0.25) is 14.6 Å². The number of rotatable bonds is 6. The molecule has 2 aromatic heterocycles. The molecule has 4 rings (SSSR count). The normalized spacial score (nSPS) is 20.7. The van der Waals surface area contributed by atoms with Gasteiger partial charge in [0.25, 0.3) is 5.91 Å². The molecule has 1 fully saturated rings. The van der Waals surface area contributed by atoms with E-state index in [0.29, 0.717) is 18.5 Å². The van der Waals surface area contributed by atoms with E-state index in [1.54, 1.807) is 33.0 Å². The van der Waals surface area contributed by atoms with Crippen molar-refractivity contribution in [1.29, 1.82) is 0 Å². The third kappa shape index (κ3) is 7.43. The van der Waals surface area contributed by atoms with Crippen molar-refractivity contribution in [2.75, 3.05) is 5.32 Å². The Morgan fingerprint density at radius 3 is 2.46 bits per heavy atom. The Balaban J connectivity index is 1.55. The molecule has 2 amide bonds. The van der Waals surface area contributed by atoms with Crippen LogP contribution in [-0.4, -0.2) is 45.7 Å². The number of benzene rings is 1. The van der Waals surface area contributed by atoms with Crippen molar-refractivity contribution in [1.82, 2.24) is 15.3 Å². The largest absolute Gasteiger partial charge is 0.460 e. The van der Waals surface area contributed by atoms with Gasteiger partial charge >= 0.3 is 12.1 Å². The topological polar surface area (TPSA) is 120 Å². The monoisotopic (exact) mass is 586 g/mol. The van der Waals surface area contributed by atoms with E-state index in [-0.39, 0.29) is 28.1 Å².